The second kappa shape index (κ2) is 4.99. The molecule has 1 fully saturated rings. The maximum atomic E-state index is 12.4. The topological polar surface area (TPSA) is 92.1 Å². The van der Waals surface area contributed by atoms with Crippen molar-refractivity contribution < 1.29 is 8.42 Å². The highest BCUT2D eigenvalue weighted by molar-refractivity contribution is 7.89. The first-order chi connectivity index (χ1) is 8.48. The zero-order valence-corrected chi connectivity index (χ0v) is 11.6. The highest BCUT2D eigenvalue weighted by Gasteiger charge is 2.38. The molecule has 1 aliphatic heterocycles. The Morgan fingerprint density at radius 1 is 1.61 bits per heavy atom. The smallest absolute Gasteiger partial charge is 0.260 e. The van der Waals surface area contributed by atoms with Gasteiger partial charge in [0.15, 0.2) is 5.03 Å². The van der Waals surface area contributed by atoms with E-state index in [4.69, 9.17) is 5.73 Å². The van der Waals surface area contributed by atoms with Crippen LogP contribution in [-0.4, -0.2) is 41.8 Å². The second-order valence-electron chi connectivity index (χ2n) is 4.81. The molecule has 1 aromatic heterocycles. The number of sulfonamides is 1. The molecular formula is C11H20N4O2S. The normalized spacial score (nSPS) is 25.7. The molecule has 3 N–H and O–H groups in total. The summed E-state index contributed by atoms with van der Waals surface area (Å²) in [6, 6.07) is -0.00285. The average Bonchev–Trinajstić information content (AvgIpc) is 2.95. The molecule has 0 aliphatic carbocycles. The summed E-state index contributed by atoms with van der Waals surface area (Å²) in [4.78, 5) is 6.91. The first kappa shape index (κ1) is 13.5. The van der Waals surface area contributed by atoms with E-state index in [0.29, 0.717) is 25.3 Å². The van der Waals surface area contributed by atoms with Crippen LogP contribution in [0, 0.1) is 5.92 Å². The third kappa shape index (κ3) is 2.30. The van der Waals surface area contributed by atoms with E-state index in [2.05, 4.69) is 9.97 Å². The van der Waals surface area contributed by atoms with Crippen LogP contribution in [0.25, 0.3) is 0 Å². The number of nitrogens with one attached hydrogen (secondary N) is 1. The summed E-state index contributed by atoms with van der Waals surface area (Å²) < 4.78 is 26.4. The van der Waals surface area contributed by atoms with Crippen LogP contribution < -0.4 is 5.73 Å². The van der Waals surface area contributed by atoms with Crippen LogP contribution in [0.15, 0.2) is 11.2 Å². The van der Waals surface area contributed by atoms with Crippen molar-refractivity contribution in [2.45, 2.75) is 37.8 Å². The van der Waals surface area contributed by atoms with Gasteiger partial charge in [-0.05, 0) is 25.8 Å². The van der Waals surface area contributed by atoms with Gasteiger partial charge in [0.05, 0.1) is 6.20 Å². The fraction of sp³-hybridized carbons (Fsp3) is 0.727. The third-order valence-corrected chi connectivity index (χ3v) is 5.35. The molecule has 6 nitrogen and oxygen atoms in total. The molecule has 0 amide bonds. The third-order valence-electron chi connectivity index (χ3n) is 3.46. The van der Waals surface area contributed by atoms with E-state index in [1.807, 2.05) is 13.8 Å². The highest BCUT2D eigenvalue weighted by Crippen LogP contribution is 2.28. The van der Waals surface area contributed by atoms with Crippen LogP contribution in [0.1, 0.15) is 26.1 Å². The van der Waals surface area contributed by atoms with Gasteiger partial charge < -0.3 is 10.7 Å². The van der Waals surface area contributed by atoms with Crippen LogP contribution in [-0.2, 0) is 16.4 Å². The van der Waals surface area contributed by atoms with Crippen molar-refractivity contribution in [3.05, 3.63) is 12.0 Å². The van der Waals surface area contributed by atoms with Gasteiger partial charge in [0.25, 0.3) is 10.0 Å². The Bertz CT molecular complexity index is 511. The standard InChI is InChI=1S/C11H20N4O2S/c1-3-10-13-6-11(14-10)18(16,17)15-7-9(5-12)4-8(15)2/h6,8-9H,3-5,7,12H2,1-2H3,(H,13,14). The Labute approximate surface area is 108 Å². The van der Waals surface area contributed by atoms with Gasteiger partial charge in [0.2, 0.25) is 0 Å². The predicted octanol–water partition coefficient (Wildman–Crippen LogP) is 0.330. The maximum Gasteiger partial charge on any atom is 0.260 e. The number of nitrogens with two attached hydrogens (primary N) is 1. The Kier molecular flexibility index (Phi) is 3.74. The summed E-state index contributed by atoms with van der Waals surface area (Å²) in [6.45, 7) is 4.88. The second-order valence-corrected chi connectivity index (χ2v) is 6.67. The van der Waals surface area contributed by atoms with Crippen LogP contribution >= 0.6 is 0 Å². The number of hydrogen-bond acceptors (Lipinski definition) is 4. The minimum absolute atomic E-state index is 0.00285. The summed E-state index contributed by atoms with van der Waals surface area (Å²) >= 11 is 0. The van der Waals surface area contributed by atoms with Crippen LogP contribution in [0.3, 0.4) is 0 Å². The van der Waals surface area contributed by atoms with E-state index >= 15 is 0 Å². The van der Waals surface area contributed by atoms with Gasteiger partial charge in [-0.1, -0.05) is 6.92 Å². The van der Waals surface area contributed by atoms with Crippen molar-refractivity contribution in [2.75, 3.05) is 13.1 Å². The molecule has 0 radical (unpaired) electrons. The van der Waals surface area contributed by atoms with Gasteiger partial charge in [-0.15, -0.1) is 0 Å². The molecule has 1 aromatic rings. The van der Waals surface area contributed by atoms with Crippen molar-refractivity contribution >= 4 is 10.0 Å². The largest absolute Gasteiger partial charge is 0.332 e. The summed E-state index contributed by atoms with van der Waals surface area (Å²) in [7, 11) is -3.46. The molecule has 7 heteroatoms. The fourth-order valence-electron chi connectivity index (χ4n) is 2.40. The lowest BCUT2D eigenvalue weighted by Gasteiger charge is -2.19. The molecular weight excluding hydrogens is 252 g/mol. The SMILES string of the molecule is CCc1ncc(S(=O)(=O)N2CC(CN)CC2C)[nH]1. The molecule has 0 saturated carbocycles. The van der Waals surface area contributed by atoms with Gasteiger partial charge in [-0.2, -0.15) is 4.31 Å². The summed E-state index contributed by atoms with van der Waals surface area (Å²) in [5, 5.41) is 0.184. The van der Waals surface area contributed by atoms with E-state index < -0.39 is 10.0 Å². The Balaban J connectivity index is 2.26. The molecule has 18 heavy (non-hydrogen) atoms. The molecule has 102 valence electrons. The van der Waals surface area contributed by atoms with E-state index in [-0.39, 0.29) is 17.0 Å². The van der Waals surface area contributed by atoms with Crippen molar-refractivity contribution in [2.24, 2.45) is 11.7 Å². The first-order valence-electron chi connectivity index (χ1n) is 6.24. The first-order valence-corrected chi connectivity index (χ1v) is 7.68. The van der Waals surface area contributed by atoms with Crippen molar-refractivity contribution in [3.63, 3.8) is 0 Å². The molecule has 2 heterocycles. The lowest BCUT2D eigenvalue weighted by molar-refractivity contribution is 0.403. The number of imidazole rings is 1. The minimum Gasteiger partial charge on any atom is -0.332 e. The zero-order chi connectivity index (χ0) is 13.3. The van der Waals surface area contributed by atoms with Crippen molar-refractivity contribution in [1.29, 1.82) is 0 Å². The summed E-state index contributed by atoms with van der Waals surface area (Å²) in [6.07, 6.45) is 2.91. The quantitative estimate of drug-likeness (QED) is 0.826. The van der Waals surface area contributed by atoms with Gasteiger partial charge in [0, 0.05) is 19.0 Å². The van der Waals surface area contributed by atoms with Crippen molar-refractivity contribution in [1.82, 2.24) is 14.3 Å². The van der Waals surface area contributed by atoms with Crippen molar-refractivity contribution in [3.8, 4) is 0 Å². The average molecular weight is 272 g/mol. The number of H-pyrrole nitrogens is 1. The summed E-state index contributed by atoms with van der Waals surface area (Å²) in [5.41, 5.74) is 5.62. The highest BCUT2D eigenvalue weighted by atomic mass is 32.2. The van der Waals surface area contributed by atoms with Gasteiger partial charge in [-0.25, -0.2) is 13.4 Å². The molecule has 2 atom stereocenters. The molecule has 0 spiro atoms. The number of aromatic amines is 1. The minimum atomic E-state index is -3.46. The lowest BCUT2D eigenvalue weighted by atomic mass is 10.1. The Morgan fingerprint density at radius 3 is 2.83 bits per heavy atom. The number of aromatic nitrogens is 2. The molecule has 0 aromatic carbocycles. The predicted molar refractivity (Wildman–Crippen MR) is 68.5 cm³/mol. The molecule has 1 aliphatic rings. The Hall–Kier alpha value is -0.920. The zero-order valence-electron chi connectivity index (χ0n) is 10.8. The molecule has 2 rings (SSSR count). The van der Waals surface area contributed by atoms with Gasteiger partial charge in [-0.3, -0.25) is 0 Å². The maximum absolute atomic E-state index is 12.4. The van der Waals surface area contributed by atoms with E-state index in [9.17, 15) is 8.42 Å². The molecule has 0 bridgehead atoms. The van der Waals surface area contributed by atoms with Crippen LogP contribution in [0.4, 0.5) is 0 Å². The monoisotopic (exact) mass is 272 g/mol. The number of nitrogens with zero attached hydrogens (tertiary/aromatic N) is 2. The van der Waals surface area contributed by atoms with Crippen LogP contribution in [0.5, 0.6) is 0 Å². The van der Waals surface area contributed by atoms with Crippen LogP contribution in [0.2, 0.25) is 0 Å². The number of rotatable bonds is 4. The number of hydrogen-bond donors (Lipinski definition) is 2. The summed E-state index contributed by atoms with van der Waals surface area (Å²) in [5.74, 6) is 0.944. The Morgan fingerprint density at radius 2 is 2.33 bits per heavy atom. The molecule has 2 unspecified atom stereocenters. The van der Waals surface area contributed by atoms with E-state index in [1.165, 1.54) is 10.5 Å². The van der Waals surface area contributed by atoms with Gasteiger partial charge >= 0.3 is 0 Å². The van der Waals surface area contributed by atoms with E-state index in [0.717, 1.165) is 6.42 Å². The molecule has 1 saturated heterocycles. The van der Waals surface area contributed by atoms with Gasteiger partial charge in [0.1, 0.15) is 5.82 Å². The van der Waals surface area contributed by atoms with E-state index in [1.54, 1.807) is 0 Å². The fourth-order valence-corrected chi connectivity index (χ4v) is 4.05. The lowest BCUT2D eigenvalue weighted by Crippen LogP contribution is -2.34. The number of aryl methyl sites for hydroxylation is 1.